The topological polar surface area (TPSA) is 72.4 Å². The molecule has 0 radical (unpaired) electrons. The third-order valence-electron chi connectivity index (χ3n) is 3.53. The number of nitrogens with two attached hydrogens (primary N) is 1. The van der Waals surface area contributed by atoms with Gasteiger partial charge < -0.3 is 10.6 Å². The molecule has 1 unspecified atom stereocenters. The van der Waals surface area contributed by atoms with Crippen molar-refractivity contribution in [3.8, 4) is 0 Å². The van der Waals surface area contributed by atoms with E-state index in [-0.39, 0.29) is 16.0 Å². The van der Waals surface area contributed by atoms with Crippen LogP contribution < -0.4 is 10.6 Å². The van der Waals surface area contributed by atoms with Crippen molar-refractivity contribution in [1.29, 1.82) is 0 Å². The summed E-state index contributed by atoms with van der Waals surface area (Å²) in [4.78, 5) is 12.7. The number of nitrogens with zero attached hydrogens (tertiary/aromatic N) is 2. The van der Waals surface area contributed by atoms with Crippen LogP contribution in [0.2, 0.25) is 5.02 Å². The lowest BCUT2D eigenvalue weighted by Gasteiger charge is -2.23. The highest BCUT2D eigenvalue weighted by Gasteiger charge is 2.35. The van der Waals surface area contributed by atoms with Gasteiger partial charge in [0.1, 0.15) is 5.69 Å². The molecule has 1 atom stereocenters. The quantitative estimate of drug-likeness (QED) is 0.676. The van der Waals surface area contributed by atoms with Crippen LogP contribution in [0.15, 0.2) is 18.2 Å². The van der Waals surface area contributed by atoms with Crippen LogP contribution in [-0.4, -0.2) is 24.6 Å². The first-order chi connectivity index (χ1) is 8.45. The normalized spacial score (nSPS) is 23.4. The predicted octanol–water partition coefficient (Wildman–Crippen LogP) is 2.42. The molecule has 0 saturated carbocycles. The number of benzene rings is 1. The Kier molecular flexibility index (Phi) is 3.45. The van der Waals surface area contributed by atoms with Gasteiger partial charge in [0.15, 0.2) is 0 Å². The molecule has 0 aromatic heterocycles. The highest BCUT2D eigenvalue weighted by Crippen LogP contribution is 2.37. The van der Waals surface area contributed by atoms with Crippen molar-refractivity contribution in [3.05, 3.63) is 33.3 Å². The first-order valence-corrected chi connectivity index (χ1v) is 6.22. The summed E-state index contributed by atoms with van der Waals surface area (Å²) in [7, 11) is 0. The maximum Gasteiger partial charge on any atom is 0.294 e. The zero-order chi connectivity index (χ0) is 13.3. The maximum absolute atomic E-state index is 11.1. The highest BCUT2D eigenvalue weighted by atomic mass is 35.5. The molecule has 2 rings (SSSR count). The molecule has 1 aliphatic rings. The largest absolute Gasteiger partial charge is 0.365 e. The minimum absolute atomic E-state index is 0.0352. The van der Waals surface area contributed by atoms with Gasteiger partial charge in [0.25, 0.3) is 5.69 Å². The van der Waals surface area contributed by atoms with E-state index in [1.54, 1.807) is 12.1 Å². The van der Waals surface area contributed by atoms with E-state index >= 15 is 0 Å². The average molecular weight is 270 g/mol. The Morgan fingerprint density at radius 1 is 1.61 bits per heavy atom. The fraction of sp³-hybridized carbons (Fsp3) is 0.500. The summed E-state index contributed by atoms with van der Waals surface area (Å²) in [6, 6.07) is 4.79. The number of hydrogen-bond acceptors (Lipinski definition) is 4. The van der Waals surface area contributed by atoms with Gasteiger partial charge in [-0.25, -0.2) is 0 Å². The Bertz CT molecular complexity index is 480. The first-order valence-electron chi connectivity index (χ1n) is 5.84. The molecule has 98 valence electrons. The van der Waals surface area contributed by atoms with Crippen LogP contribution in [0.25, 0.3) is 0 Å². The van der Waals surface area contributed by atoms with E-state index in [0.29, 0.717) is 17.3 Å². The summed E-state index contributed by atoms with van der Waals surface area (Å²) in [5.41, 5.74) is 6.47. The van der Waals surface area contributed by atoms with Gasteiger partial charge in [-0.2, -0.15) is 0 Å². The smallest absolute Gasteiger partial charge is 0.294 e. The fourth-order valence-electron chi connectivity index (χ4n) is 2.31. The number of nitro benzene ring substituents is 1. The first kappa shape index (κ1) is 13.1. The summed E-state index contributed by atoms with van der Waals surface area (Å²) >= 11 is 5.81. The molecular weight excluding hydrogens is 254 g/mol. The van der Waals surface area contributed by atoms with Crippen LogP contribution in [0.5, 0.6) is 0 Å². The number of nitro groups is 1. The molecule has 2 N–H and O–H groups in total. The van der Waals surface area contributed by atoms with Crippen molar-refractivity contribution in [1.82, 2.24) is 0 Å². The van der Waals surface area contributed by atoms with E-state index in [1.165, 1.54) is 6.07 Å². The Morgan fingerprint density at radius 2 is 2.33 bits per heavy atom. The second kappa shape index (κ2) is 4.74. The van der Waals surface area contributed by atoms with E-state index in [2.05, 4.69) is 6.92 Å². The van der Waals surface area contributed by atoms with Crippen molar-refractivity contribution in [2.45, 2.75) is 13.3 Å². The molecule has 1 fully saturated rings. The Labute approximate surface area is 111 Å². The van der Waals surface area contributed by atoms with Gasteiger partial charge in [-0.15, -0.1) is 0 Å². The molecule has 0 aliphatic carbocycles. The van der Waals surface area contributed by atoms with Crippen molar-refractivity contribution < 1.29 is 4.92 Å². The third kappa shape index (κ3) is 2.42. The van der Waals surface area contributed by atoms with Gasteiger partial charge in [0.05, 0.1) is 4.92 Å². The Balaban J connectivity index is 2.32. The van der Waals surface area contributed by atoms with Gasteiger partial charge in [0, 0.05) is 24.2 Å². The lowest BCUT2D eigenvalue weighted by atomic mass is 9.90. The molecule has 18 heavy (non-hydrogen) atoms. The molecule has 6 heteroatoms. The van der Waals surface area contributed by atoms with Crippen LogP contribution in [-0.2, 0) is 0 Å². The number of hydrogen-bond donors (Lipinski definition) is 1. The fourth-order valence-corrected chi connectivity index (χ4v) is 2.47. The molecule has 1 heterocycles. The molecule has 1 aromatic carbocycles. The van der Waals surface area contributed by atoms with Gasteiger partial charge in [-0.3, -0.25) is 10.1 Å². The minimum atomic E-state index is -0.390. The van der Waals surface area contributed by atoms with E-state index in [0.717, 1.165) is 19.5 Å². The van der Waals surface area contributed by atoms with Gasteiger partial charge in [0.2, 0.25) is 0 Å². The van der Waals surface area contributed by atoms with Crippen molar-refractivity contribution in [3.63, 3.8) is 0 Å². The average Bonchev–Trinajstić information content (AvgIpc) is 2.72. The summed E-state index contributed by atoms with van der Waals surface area (Å²) in [5, 5.41) is 11.4. The van der Waals surface area contributed by atoms with Crippen molar-refractivity contribution >= 4 is 23.0 Å². The minimum Gasteiger partial charge on any atom is -0.365 e. The van der Waals surface area contributed by atoms with E-state index in [4.69, 9.17) is 17.3 Å². The monoisotopic (exact) mass is 269 g/mol. The van der Waals surface area contributed by atoms with Crippen LogP contribution in [0.3, 0.4) is 0 Å². The van der Waals surface area contributed by atoms with Crippen LogP contribution in [0, 0.1) is 15.5 Å². The third-order valence-corrected chi connectivity index (χ3v) is 3.76. The SMILES string of the molecule is CC1(CN)CCN(c2ccc(Cl)cc2[N+](=O)[O-])C1. The molecule has 0 bridgehead atoms. The molecule has 1 saturated heterocycles. The van der Waals surface area contributed by atoms with Gasteiger partial charge in [-0.05, 0) is 30.5 Å². The summed E-state index contributed by atoms with van der Waals surface area (Å²) < 4.78 is 0. The van der Waals surface area contributed by atoms with Crippen LogP contribution >= 0.6 is 11.6 Å². The lowest BCUT2D eigenvalue weighted by molar-refractivity contribution is -0.384. The standard InChI is InChI=1S/C12H16ClN3O2/c1-12(7-14)4-5-15(8-12)10-3-2-9(13)6-11(10)16(17)18/h2-3,6H,4-5,7-8,14H2,1H3. The maximum atomic E-state index is 11.1. The summed E-state index contributed by atoms with van der Waals surface area (Å²) in [6.07, 6.45) is 0.948. The number of rotatable bonds is 3. The second-order valence-electron chi connectivity index (χ2n) is 5.08. The van der Waals surface area contributed by atoms with Crippen molar-refractivity contribution in [2.24, 2.45) is 11.1 Å². The lowest BCUT2D eigenvalue weighted by Crippen LogP contribution is -2.31. The van der Waals surface area contributed by atoms with E-state index in [1.807, 2.05) is 4.90 Å². The zero-order valence-corrected chi connectivity index (χ0v) is 11.0. The molecular formula is C12H16ClN3O2. The molecule has 0 amide bonds. The zero-order valence-electron chi connectivity index (χ0n) is 10.2. The van der Waals surface area contributed by atoms with Crippen LogP contribution in [0.1, 0.15) is 13.3 Å². The Hall–Kier alpha value is -1.33. The number of anilines is 1. The molecule has 0 spiro atoms. The van der Waals surface area contributed by atoms with Gasteiger partial charge >= 0.3 is 0 Å². The highest BCUT2D eigenvalue weighted by molar-refractivity contribution is 6.30. The summed E-state index contributed by atoms with van der Waals surface area (Å²) in [6.45, 7) is 4.22. The number of halogens is 1. The molecule has 1 aromatic rings. The van der Waals surface area contributed by atoms with E-state index < -0.39 is 0 Å². The van der Waals surface area contributed by atoms with E-state index in [9.17, 15) is 10.1 Å². The predicted molar refractivity (Wildman–Crippen MR) is 72.1 cm³/mol. The second-order valence-corrected chi connectivity index (χ2v) is 5.51. The summed E-state index contributed by atoms with van der Waals surface area (Å²) in [5.74, 6) is 0. The van der Waals surface area contributed by atoms with Crippen molar-refractivity contribution in [2.75, 3.05) is 24.5 Å². The van der Waals surface area contributed by atoms with Gasteiger partial charge in [-0.1, -0.05) is 18.5 Å². The Morgan fingerprint density at radius 3 is 2.89 bits per heavy atom. The van der Waals surface area contributed by atoms with Crippen LogP contribution in [0.4, 0.5) is 11.4 Å². The molecule has 5 nitrogen and oxygen atoms in total. The molecule has 1 aliphatic heterocycles.